The highest BCUT2D eigenvalue weighted by atomic mass is 32.2. The van der Waals surface area contributed by atoms with Crippen LogP contribution in [0.5, 0.6) is 0 Å². The number of sulfonamides is 1. The van der Waals surface area contributed by atoms with E-state index in [1.165, 1.54) is 12.1 Å². The molecule has 0 fully saturated rings. The van der Waals surface area contributed by atoms with Gasteiger partial charge in [-0.15, -0.1) is 0 Å². The van der Waals surface area contributed by atoms with Crippen LogP contribution in [0.4, 0.5) is 0 Å². The van der Waals surface area contributed by atoms with Crippen molar-refractivity contribution in [2.75, 3.05) is 6.61 Å². The summed E-state index contributed by atoms with van der Waals surface area (Å²) in [5.74, 6) is -0.918. The molecule has 0 saturated heterocycles. The Labute approximate surface area is 187 Å². The summed E-state index contributed by atoms with van der Waals surface area (Å²) >= 11 is 0. The molecule has 0 aliphatic heterocycles. The fourth-order valence-electron chi connectivity index (χ4n) is 3.14. The minimum atomic E-state index is -4.04. The molecule has 3 aromatic rings. The highest BCUT2D eigenvalue weighted by molar-refractivity contribution is 7.89. The monoisotopic (exact) mass is 449 g/mol. The molecule has 1 atom stereocenters. The van der Waals surface area contributed by atoms with Gasteiger partial charge in [-0.2, -0.15) is 9.51 Å². The second kappa shape index (κ2) is 10.2. The van der Waals surface area contributed by atoms with Crippen molar-refractivity contribution < 1.29 is 22.7 Å². The summed E-state index contributed by atoms with van der Waals surface area (Å²) in [6, 6.07) is 21.6. The summed E-state index contributed by atoms with van der Waals surface area (Å²) in [6.45, 7) is 3.49. The summed E-state index contributed by atoms with van der Waals surface area (Å²) in [7, 11) is -4.04. The van der Waals surface area contributed by atoms with Gasteiger partial charge in [0.25, 0.3) is 0 Å². The number of carbonyl (C=O) groups is 1. The van der Waals surface area contributed by atoms with Gasteiger partial charge in [0.15, 0.2) is 6.04 Å². The highest BCUT2D eigenvalue weighted by Crippen LogP contribution is 2.24. The molecule has 7 nitrogen and oxygen atoms in total. The molecule has 0 saturated carbocycles. The first-order valence-electron chi connectivity index (χ1n) is 9.99. The van der Waals surface area contributed by atoms with Crippen LogP contribution in [0.3, 0.4) is 0 Å². The number of nitrogens with one attached hydrogen (secondary N) is 1. The number of hydrogen-bond donors (Lipinski definition) is 1. The van der Waals surface area contributed by atoms with Gasteiger partial charge in [-0.3, -0.25) is 0 Å². The second-order valence-corrected chi connectivity index (χ2v) is 8.78. The average Bonchev–Trinajstić information content (AvgIpc) is 2.80. The van der Waals surface area contributed by atoms with Crippen LogP contribution in [-0.2, 0) is 19.6 Å². The summed E-state index contributed by atoms with van der Waals surface area (Å²) in [5, 5.41) is 0. The van der Waals surface area contributed by atoms with E-state index in [9.17, 15) is 18.7 Å². The van der Waals surface area contributed by atoms with Gasteiger partial charge in [0, 0.05) is 0 Å². The maximum absolute atomic E-state index is 13.0. The van der Waals surface area contributed by atoms with Gasteiger partial charge in [-0.05, 0) is 42.7 Å². The summed E-state index contributed by atoms with van der Waals surface area (Å²) in [5.41, 5.74) is 12.3. The number of nitrogens with zero attached hydrogens (tertiary/aromatic N) is 2. The Morgan fingerprint density at radius 3 is 2.12 bits per heavy atom. The van der Waals surface area contributed by atoms with Gasteiger partial charge < -0.3 is 10.3 Å². The van der Waals surface area contributed by atoms with Gasteiger partial charge in [-0.1, -0.05) is 72.3 Å². The second-order valence-electron chi connectivity index (χ2n) is 7.06. The fourth-order valence-corrected chi connectivity index (χ4v) is 4.33. The van der Waals surface area contributed by atoms with Crippen molar-refractivity contribution in [1.82, 2.24) is 4.72 Å². The Morgan fingerprint density at radius 1 is 0.969 bits per heavy atom. The molecular weight excluding hydrogens is 426 g/mol. The largest absolute Gasteiger partial charge is 0.457 e. The lowest BCUT2D eigenvalue weighted by atomic mass is 9.99. The van der Waals surface area contributed by atoms with Crippen LogP contribution in [0.25, 0.3) is 16.7 Å². The highest BCUT2D eigenvalue weighted by Gasteiger charge is 2.37. The Kier molecular flexibility index (Phi) is 7.33. The number of rotatable bonds is 8. The van der Waals surface area contributed by atoms with Gasteiger partial charge in [0.1, 0.15) is 0 Å². The number of esters is 1. The molecule has 0 aliphatic rings. The zero-order valence-electron chi connectivity index (χ0n) is 17.7. The van der Waals surface area contributed by atoms with Gasteiger partial charge in [-0.25, -0.2) is 13.2 Å². The van der Waals surface area contributed by atoms with E-state index >= 15 is 0 Å². The molecule has 0 aromatic heterocycles. The minimum Gasteiger partial charge on any atom is -0.457 e. The molecule has 8 heteroatoms. The smallest absolute Gasteiger partial charge is 0.419 e. The molecule has 32 heavy (non-hydrogen) atoms. The van der Waals surface area contributed by atoms with Crippen LogP contribution >= 0.6 is 0 Å². The number of benzene rings is 3. The van der Waals surface area contributed by atoms with Crippen molar-refractivity contribution in [3.63, 3.8) is 0 Å². The Morgan fingerprint density at radius 2 is 1.56 bits per heavy atom. The van der Waals surface area contributed by atoms with Crippen LogP contribution in [0.1, 0.15) is 24.1 Å². The molecule has 0 spiro atoms. The summed E-state index contributed by atoms with van der Waals surface area (Å²) in [4.78, 5) is 15.5. The van der Waals surface area contributed by atoms with Gasteiger partial charge >= 0.3 is 11.7 Å². The van der Waals surface area contributed by atoms with Crippen LogP contribution in [0, 0.1) is 6.92 Å². The molecular formula is C24H23N3O4S. The lowest BCUT2D eigenvalue weighted by Crippen LogP contribution is -2.38. The first-order chi connectivity index (χ1) is 15.4. The van der Waals surface area contributed by atoms with Crippen molar-refractivity contribution in [1.29, 1.82) is 0 Å². The zero-order chi connectivity index (χ0) is 23.1. The van der Waals surface area contributed by atoms with Crippen molar-refractivity contribution in [2.24, 2.45) is 0 Å². The summed E-state index contributed by atoms with van der Waals surface area (Å²) in [6.07, 6.45) is 0. The van der Waals surface area contributed by atoms with Crippen molar-refractivity contribution in [2.45, 2.75) is 24.8 Å². The first kappa shape index (κ1) is 23.1. The molecule has 0 bridgehead atoms. The third-order valence-corrected chi connectivity index (χ3v) is 6.26. The topological polar surface area (TPSA) is 109 Å². The Balaban J connectivity index is 2.02. The number of carbonyl (C=O) groups excluding carboxylic acids is 1. The van der Waals surface area contributed by atoms with E-state index < -0.39 is 27.7 Å². The molecule has 0 aliphatic carbocycles. The molecule has 0 radical (unpaired) electrons. The molecule has 164 valence electrons. The maximum atomic E-state index is 13.0. The number of aryl methyl sites for hydroxylation is 1. The first-order valence-corrected chi connectivity index (χ1v) is 11.5. The fraction of sp³-hybridized carbons (Fsp3) is 0.167. The number of hydrogen-bond acceptors (Lipinski definition) is 4. The molecule has 3 rings (SSSR count). The van der Waals surface area contributed by atoms with Crippen LogP contribution in [0.15, 0.2) is 83.8 Å². The predicted octanol–water partition coefficient (Wildman–Crippen LogP) is 3.92. The van der Waals surface area contributed by atoms with E-state index in [2.05, 4.69) is 9.51 Å². The zero-order valence-corrected chi connectivity index (χ0v) is 18.5. The third-order valence-electron chi connectivity index (χ3n) is 4.82. The molecule has 0 amide bonds. The lowest BCUT2D eigenvalue weighted by molar-refractivity contribution is -0.140. The van der Waals surface area contributed by atoms with Crippen LogP contribution < -0.4 is 4.72 Å². The average molecular weight is 450 g/mol. The molecule has 0 heterocycles. The van der Waals surface area contributed by atoms with E-state index in [-0.39, 0.29) is 11.5 Å². The quantitative estimate of drug-likeness (QED) is 0.243. The van der Waals surface area contributed by atoms with E-state index in [4.69, 9.17) is 4.74 Å². The van der Waals surface area contributed by atoms with E-state index in [0.717, 1.165) is 16.7 Å². The third kappa shape index (κ3) is 5.36. The Bertz CT molecular complexity index is 1230. The van der Waals surface area contributed by atoms with E-state index in [0.29, 0.717) is 5.56 Å². The van der Waals surface area contributed by atoms with Crippen molar-refractivity contribution >= 4 is 21.7 Å². The van der Waals surface area contributed by atoms with Crippen LogP contribution in [-0.4, -0.2) is 31.5 Å². The molecule has 1 N–H and O–H groups in total. The predicted molar refractivity (Wildman–Crippen MR) is 121 cm³/mol. The molecule has 3 aromatic carbocycles. The van der Waals surface area contributed by atoms with E-state index in [1.54, 1.807) is 43.3 Å². The SMILES string of the molecule is CCOC(=O)C(=[N+]=[N-])C(NS(=O)(=O)c1ccc(C)cc1)c1ccc(-c2ccccc2)cc1. The lowest BCUT2D eigenvalue weighted by Gasteiger charge is -2.16. The standard InChI is InChI=1S/C24H23N3O4S/c1-3-31-24(28)23(26-25)22(27-32(29,30)21-15-9-17(2)10-16-21)20-13-11-19(12-14-20)18-7-5-4-6-8-18/h4-16,22,27H,3H2,1-2H3. The van der Waals surface area contributed by atoms with Gasteiger partial charge in [0.05, 0.1) is 11.5 Å². The number of ether oxygens (including phenoxy) is 1. The van der Waals surface area contributed by atoms with E-state index in [1.807, 2.05) is 37.3 Å². The Hall–Kier alpha value is -3.58. The van der Waals surface area contributed by atoms with Crippen LogP contribution in [0.2, 0.25) is 0 Å². The minimum absolute atomic E-state index is 0.0233. The van der Waals surface area contributed by atoms with Crippen molar-refractivity contribution in [3.05, 3.63) is 95.5 Å². The normalized spacial score (nSPS) is 11.9. The van der Waals surface area contributed by atoms with Gasteiger partial charge in [0.2, 0.25) is 10.0 Å². The maximum Gasteiger partial charge on any atom is 0.419 e. The van der Waals surface area contributed by atoms with Crippen molar-refractivity contribution in [3.8, 4) is 11.1 Å². The molecule has 1 unspecified atom stereocenters. The summed E-state index contributed by atoms with van der Waals surface area (Å²) < 4.78 is 33.5.